The molecule has 2 saturated heterocycles. The van der Waals surface area contributed by atoms with Crippen molar-refractivity contribution in [2.24, 2.45) is 5.92 Å². The molecule has 2 aromatic rings. The van der Waals surface area contributed by atoms with Crippen LogP contribution >= 0.6 is 0 Å². The molecule has 0 bridgehead atoms. The highest BCUT2D eigenvalue weighted by Gasteiger charge is 2.37. The lowest BCUT2D eigenvalue weighted by Crippen LogP contribution is -2.48. The minimum absolute atomic E-state index is 0.110. The largest absolute Gasteiger partial charge is 0.355 e. The first-order valence-electron chi connectivity index (χ1n) is 11.8. The topological polar surface area (TPSA) is 83.7 Å². The van der Waals surface area contributed by atoms with Crippen molar-refractivity contribution >= 4 is 28.1 Å². The van der Waals surface area contributed by atoms with Gasteiger partial charge >= 0.3 is 0 Å². The number of aryl methyl sites for hydroxylation is 2. The second-order valence-corrected chi connectivity index (χ2v) is 11.1. The highest BCUT2D eigenvalue weighted by Crippen LogP contribution is 2.30. The third-order valence-corrected chi connectivity index (χ3v) is 8.88. The summed E-state index contributed by atoms with van der Waals surface area (Å²) in [7, 11) is -3.77. The molecule has 1 aromatic carbocycles. The zero-order valence-corrected chi connectivity index (χ0v) is 20.5. The summed E-state index contributed by atoms with van der Waals surface area (Å²) in [5, 5.41) is 3.92. The molecule has 0 N–H and O–H groups in total. The van der Waals surface area contributed by atoms with E-state index in [1.54, 1.807) is 13.0 Å². The molecule has 0 radical (unpaired) electrons. The van der Waals surface area contributed by atoms with E-state index in [1.807, 2.05) is 42.2 Å². The third-order valence-electron chi connectivity index (χ3n) is 6.82. The van der Waals surface area contributed by atoms with Crippen LogP contribution in [-0.4, -0.2) is 54.4 Å². The van der Waals surface area contributed by atoms with Crippen LogP contribution in [0.25, 0.3) is 12.2 Å². The van der Waals surface area contributed by atoms with Gasteiger partial charge in [0.05, 0.1) is 0 Å². The smallest absolute Gasteiger partial charge is 0.248 e. The maximum absolute atomic E-state index is 13.5. The van der Waals surface area contributed by atoms with Crippen molar-refractivity contribution in [1.82, 2.24) is 14.4 Å². The molecule has 2 fully saturated rings. The van der Waals surface area contributed by atoms with Crippen LogP contribution in [0, 0.1) is 19.8 Å². The second kappa shape index (κ2) is 9.81. The molecular formula is C25H33N3O4S. The van der Waals surface area contributed by atoms with E-state index in [4.69, 9.17) is 4.52 Å². The number of aromatic nitrogens is 1. The molecule has 2 aliphatic heterocycles. The molecule has 0 unspecified atom stereocenters. The third kappa shape index (κ3) is 5.06. The number of amides is 1. The quantitative estimate of drug-likeness (QED) is 0.650. The van der Waals surface area contributed by atoms with Crippen LogP contribution in [0.15, 0.2) is 33.7 Å². The molecule has 0 aliphatic carbocycles. The summed E-state index contributed by atoms with van der Waals surface area (Å²) in [4.78, 5) is 15.1. The van der Waals surface area contributed by atoms with Crippen molar-refractivity contribution in [3.63, 3.8) is 0 Å². The Hall–Kier alpha value is -2.45. The molecule has 7 nitrogen and oxygen atoms in total. The number of benzene rings is 1. The Morgan fingerprint density at radius 1 is 1.03 bits per heavy atom. The van der Waals surface area contributed by atoms with Gasteiger partial charge in [-0.3, -0.25) is 4.79 Å². The SMILES string of the molecule is Cc1ccc(/C=C/c2onc(C)c2S(=O)(=O)N2CCC(C(=O)N3CCCC[C@@H]3C)CC2)cc1. The van der Waals surface area contributed by atoms with Crippen molar-refractivity contribution in [3.8, 4) is 0 Å². The Bertz CT molecular complexity index is 1110. The van der Waals surface area contributed by atoms with Gasteiger partial charge in [0.25, 0.3) is 0 Å². The van der Waals surface area contributed by atoms with Crippen LogP contribution in [0.1, 0.15) is 61.6 Å². The molecule has 0 spiro atoms. The minimum atomic E-state index is -3.77. The first-order chi connectivity index (χ1) is 15.8. The average molecular weight is 472 g/mol. The zero-order chi connectivity index (χ0) is 23.6. The van der Waals surface area contributed by atoms with Crippen molar-refractivity contribution in [3.05, 3.63) is 46.8 Å². The van der Waals surface area contributed by atoms with Gasteiger partial charge in [-0.1, -0.05) is 41.1 Å². The average Bonchev–Trinajstić information content (AvgIpc) is 3.20. The van der Waals surface area contributed by atoms with E-state index in [0.29, 0.717) is 31.6 Å². The van der Waals surface area contributed by atoms with Gasteiger partial charge in [-0.05, 0) is 64.5 Å². The van der Waals surface area contributed by atoms with Gasteiger partial charge in [0.1, 0.15) is 5.69 Å². The van der Waals surface area contributed by atoms with Crippen LogP contribution in [0.4, 0.5) is 0 Å². The summed E-state index contributed by atoms with van der Waals surface area (Å²) in [6.07, 6.45) is 7.83. The van der Waals surface area contributed by atoms with E-state index in [2.05, 4.69) is 12.1 Å². The Kier molecular flexibility index (Phi) is 7.05. The maximum atomic E-state index is 13.5. The van der Waals surface area contributed by atoms with E-state index in [1.165, 1.54) is 10.7 Å². The number of nitrogens with zero attached hydrogens (tertiary/aromatic N) is 3. The molecular weight excluding hydrogens is 438 g/mol. The number of sulfonamides is 1. The monoisotopic (exact) mass is 471 g/mol. The molecule has 178 valence electrons. The second-order valence-electron chi connectivity index (χ2n) is 9.26. The van der Waals surface area contributed by atoms with E-state index in [-0.39, 0.29) is 28.5 Å². The van der Waals surface area contributed by atoms with Gasteiger partial charge in [0.15, 0.2) is 10.7 Å². The predicted molar refractivity (Wildman–Crippen MR) is 128 cm³/mol. The fourth-order valence-corrected chi connectivity index (χ4v) is 6.50. The molecule has 33 heavy (non-hydrogen) atoms. The summed E-state index contributed by atoms with van der Waals surface area (Å²) in [5.41, 5.74) is 2.45. The normalized spacial score (nSPS) is 21.1. The number of carbonyl (C=O) groups excluding carboxylic acids is 1. The lowest BCUT2D eigenvalue weighted by molar-refractivity contribution is -0.140. The summed E-state index contributed by atoms with van der Waals surface area (Å²) < 4.78 is 33.8. The van der Waals surface area contributed by atoms with E-state index < -0.39 is 10.0 Å². The van der Waals surface area contributed by atoms with Crippen LogP contribution in [-0.2, 0) is 14.8 Å². The Labute approximate surface area is 196 Å². The number of piperidine rings is 2. The summed E-state index contributed by atoms with van der Waals surface area (Å²) in [6.45, 7) is 7.24. The molecule has 4 rings (SSSR count). The minimum Gasteiger partial charge on any atom is -0.355 e. The number of likely N-dealkylation sites (tertiary alicyclic amines) is 1. The van der Waals surface area contributed by atoms with E-state index in [9.17, 15) is 13.2 Å². The predicted octanol–water partition coefficient (Wildman–Crippen LogP) is 4.26. The van der Waals surface area contributed by atoms with Gasteiger partial charge < -0.3 is 9.42 Å². The molecule has 1 aromatic heterocycles. The molecule has 8 heteroatoms. The molecule has 1 amide bonds. The number of hydrogen-bond acceptors (Lipinski definition) is 5. The summed E-state index contributed by atoms with van der Waals surface area (Å²) in [5.74, 6) is 0.303. The lowest BCUT2D eigenvalue weighted by atomic mass is 9.94. The van der Waals surface area contributed by atoms with Gasteiger partial charge in [-0.25, -0.2) is 8.42 Å². The van der Waals surface area contributed by atoms with E-state index >= 15 is 0 Å². The lowest BCUT2D eigenvalue weighted by Gasteiger charge is -2.38. The van der Waals surface area contributed by atoms with Crippen LogP contribution in [0.3, 0.4) is 0 Å². The highest BCUT2D eigenvalue weighted by atomic mass is 32.2. The number of rotatable bonds is 5. The van der Waals surface area contributed by atoms with Crippen molar-refractivity contribution in [1.29, 1.82) is 0 Å². The Balaban J connectivity index is 1.46. The fraction of sp³-hybridized carbons (Fsp3) is 0.520. The number of carbonyl (C=O) groups is 1. The zero-order valence-electron chi connectivity index (χ0n) is 19.7. The molecule has 2 aliphatic rings. The first kappa shape index (κ1) is 23.7. The summed E-state index contributed by atoms with van der Waals surface area (Å²) >= 11 is 0. The Morgan fingerprint density at radius 3 is 2.39 bits per heavy atom. The van der Waals surface area contributed by atoms with Crippen molar-refractivity contribution in [2.45, 2.75) is 63.8 Å². The highest BCUT2D eigenvalue weighted by molar-refractivity contribution is 7.89. The van der Waals surface area contributed by atoms with E-state index in [0.717, 1.165) is 30.5 Å². The van der Waals surface area contributed by atoms with Crippen LogP contribution < -0.4 is 0 Å². The van der Waals surface area contributed by atoms with Crippen LogP contribution in [0.5, 0.6) is 0 Å². The van der Waals surface area contributed by atoms with Crippen LogP contribution in [0.2, 0.25) is 0 Å². The van der Waals surface area contributed by atoms with Gasteiger partial charge in [0, 0.05) is 31.6 Å². The molecule has 1 atom stereocenters. The Morgan fingerprint density at radius 2 is 1.73 bits per heavy atom. The molecule has 0 saturated carbocycles. The maximum Gasteiger partial charge on any atom is 0.248 e. The first-order valence-corrected chi connectivity index (χ1v) is 13.2. The van der Waals surface area contributed by atoms with Gasteiger partial charge in [-0.2, -0.15) is 4.31 Å². The van der Waals surface area contributed by atoms with Gasteiger partial charge in [0.2, 0.25) is 15.9 Å². The van der Waals surface area contributed by atoms with Crippen molar-refractivity contribution < 1.29 is 17.7 Å². The standard InChI is InChI=1S/C25H33N3O4S/c1-18-7-9-21(10-8-18)11-12-23-24(20(3)26-32-23)33(30,31)27-16-13-22(14-17-27)25(29)28-15-5-4-6-19(28)2/h7-12,19,22H,4-6,13-17H2,1-3H3/b12-11+/t19-/m0/s1. The molecule has 3 heterocycles. The number of hydrogen-bond donors (Lipinski definition) is 0. The summed E-state index contributed by atoms with van der Waals surface area (Å²) in [6, 6.07) is 8.20. The fourth-order valence-electron chi connectivity index (χ4n) is 4.78. The van der Waals surface area contributed by atoms with Gasteiger partial charge in [-0.15, -0.1) is 0 Å². The van der Waals surface area contributed by atoms with Crippen molar-refractivity contribution in [2.75, 3.05) is 19.6 Å².